The van der Waals surface area contributed by atoms with Gasteiger partial charge in [0.1, 0.15) is 10.8 Å². The number of nitrogens with zero attached hydrogens (tertiary/aromatic N) is 2. The molecule has 0 amide bonds. The highest BCUT2D eigenvalue weighted by Gasteiger charge is 2.24. The molecule has 2 rings (SSSR count). The van der Waals surface area contributed by atoms with Gasteiger partial charge in [0.15, 0.2) is 0 Å². The number of aryl methyl sites for hydroxylation is 1. The van der Waals surface area contributed by atoms with Crippen molar-refractivity contribution in [3.63, 3.8) is 0 Å². The van der Waals surface area contributed by atoms with Gasteiger partial charge in [0.2, 0.25) is 0 Å². The molecule has 1 aliphatic carbocycles. The van der Waals surface area contributed by atoms with E-state index >= 15 is 0 Å². The molecule has 1 fully saturated rings. The first kappa shape index (κ1) is 12.3. The second kappa shape index (κ2) is 5.00. The van der Waals surface area contributed by atoms with Crippen LogP contribution in [0.25, 0.3) is 0 Å². The average molecular weight is 249 g/mol. The topological polar surface area (TPSA) is 42.1 Å². The van der Waals surface area contributed by atoms with Crippen molar-refractivity contribution in [2.24, 2.45) is 11.7 Å². The van der Waals surface area contributed by atoms with E-state index in [4.69, 9.17) is 18.0 Å². The lowest BCUT2D eigenvalue weighted by Crippen LogP contribution is -2.27. The minimum Gasteiger partial charge on any atom is -0.389 e. The number of rotatable bonds is 5. The molecule has 0 atom stereocenters. The van der Waals surface area contributed by atoms with Gasteiger partial charge in [-0.2, -0.15) is 0 Å². The SMILES string of the molecule is CCN(CC1CC1)c1cc(C(N)=S)cc(C)n1. The van der Waals surface area contributed by atoms with Crippen LogP contribution < -0.4 is 10.6 Å². The van der Waals surface area contributed by atoms with Crippen molar-refractivity contribution >= 4 is 23.0 Å². The van der Waals surface area contributed by atoms with E-state index in [1.54, 1.807) is 0 Å². The van der Waals surface area contributed by atoms with Crippen LogP contribution in [-0.4, -0.2) is 23.1 Å². The first-order valence-corrected chi connectivity index (χ1v) is 6.54. The number of anilines is 1. The van der Waals surface area contributed by atoms with Crippen LogP contribution in [0.3, 0.4) is 0 Å². The second-order valence-corrected chi connectivity index (χ2v) is 5.14. The third kappa shape index (κ3) is 3.16. The van der Waals surface area contributed by atoms with E-state index in [1.165, 1.54) is 12.8 Å². The van der Waals surface area contributed by atoms with Gasteiger partial charge < -0.3 is 10.6 Å². The molecule has 0 aliphatic heterocycles. The van der Waals surface area contributed by atoms with Gasteiger partial charge in [-0.25, -0.2) is 4.98 Å². The fourth-order valence-electron chi connectivity index (χ4n) is 1.95. The average Bonchev–Trinajstić information content (AvgIpc) is 3.08. The molecule has 17 heavy (non-hydrogen) atoms. The van der Waals surface area contributed by atoms with Gasteiger partial charge in [-0.15, -0.1) is 0 Å². The molecule has 0 aromatic carbocycles. The molecule has 1 heterocycles. The van der Waals surface area contributed by atoms with E-state index in [9.17, 15) is 0 Å². The third-order valence-electron chi connectivity index (χ3n) is 3.11. The smallest absolute Gasteiger partial charge is 0.129 e. The van der Waals surface area contributed by atoms with Crippen molar-refractivity contribution in [2.75, 3.05) is 18.0 Å². The van der Waals surface area contributed by atoms with Crippen LogP contribution in [0.15, 0.2) is 12.1 Å². The van der Waals surface area contributed by atoms with Crippen LogP contribution in [0.4, 0.5) is 5.82 Å². The summed E-state index contributed by atoms with van der Waals surface area (Å²) in [6.07, 6.45) is 2.70. The Morgan fingerprint density at radius 3 is 2.76 bits per heavy atom. The van der Waals surface area contributed by atoms with Gasteiger partial charge in [0.05, 0.1) is 0 Å². The van der Waals surface area contributed by atoms with Crippen molar-refractivity contribution in [1.82, 2.24) is 4.98 Å². The Kier molecular flexibility index (Phi) is 3.62. The minimum atomic E-state index is 0.444. The number of hydrogen-bond donors (Lipinski definition) is 1. The van der Waals surface area contributed by atoms with Crippen LogP contribution in [0.1, 0.15) is 31.0 Å². The second-order valence-electron chi connectivity index (χ2n) is 4.70. The lowest BCUT2D eigenvalue weighted by Gasteiger charge is -2.22. The highest BCUT2D eigenvalue weighted by atomic mass is 32.1. The highest BCUT2D eigenvalue weighted by Crippen LogP contribution is 2.31. The number of nitrogens with two attached hydrogens (primary N) is 1. The van der Waals surface area contributed by atoms with E-state index < -0.39 is 0 Å². The quantitative estimate of drug-likeness (QED) is 0.813. The van der Waals surface area contributed by atoms with Crippen molar-refractivity contribution in [3.05, 3.63) is 23.4 Å². The van der Waals surface area contributed by atoms with Crippen molar-refractivity contribution in [3.8, 4) is 0 Å². The van der Waals surface area contributed by atoms with Crippen LogP contribution in [-0.2, 0) is 0 Å². The first-order valence-electron chi connectivity index (χ1n) is 6.13. The zero-order chi connectivity index (χ0) is 12.4. The predicted octanol–water partition coefficient (Wildman–Crippen LogP) is 2.26. The lowest BCUT2D eigenvalue weighted by atomic mass is 10.2. The molecule has 1 aromatic heterocycles. The summed E-state index contributed by atoms with van der Waals surface area (Å²) in [5, 5.41) is 0. The van der Waals surface area contributed by atoms with E-state index in [-0.39, 0.29) is 0 Å². The Labute approximate surface area is 108 Å². The summed E-state index contributed by atoms with van der Waals surface area (Å²) in [5.74, 6) is 1.85. The zero-order valence-corrected chi connectivity index (χ0v) is 11.3. The maximum Gasteiger partial charge on any atom is 0.129 e. The Morgan fingerprint density at radius 1 is 1.53 bits per heavy atom. The predicted molar refractivity (Wildman–Crippen MR) is 75.5 cm³/mol. The molecule has 1 aliphatic rings. The molecule has 0 unspecified atom stereocenters. The normalized spacial score (nSPS) is 14.7. The zero-order valence-electron chi connectivity index (χ0n) is 10.4. The Morgan fingerprint density at radius 2 is 2.24 bits per heavy atom. The number of aromatic nitrogens is 1. The summed E-state index contributed by atoms with van der Waals surface area (Å²) >= 11 is 5.04. The van der Waals surface area contributed by atoms with E-state index in [0.717, 1.165) is 36.1 Å². The lowest BCUT2D eigenvalue weighted by molar-refractivity contribution is 0.730. The summed E-state index contributed by atoms with van der Waals surface area (Å²) < 4.78 is 0. The molecule has 4 heteroatoms. The number of pyridine rings is 1. The Bertz CT molecular complexity index is 427. The van der Waals surface area contributed by atoms with Crippen LogP contribution >= 0.6 is 12.2 Å². The van der Waals surface area contributed by atoms with Crippen LogP contribution in [0.5, 0.6) is 0 Å². The van der Waals surface area contributed by atoms with Crippen molar-refractivity contribution < 1.29 is 0 Å². The van der Waals surface area contributed by atoms with Gasteiger partial charge in [-0.3, -0.25) is 0 Å². The van der Waals surface area contributed by atoms with E-state index in [1.807, 2.05) is 19.1 Å². The minimum absolute atomic E-state index is 0.444. The van der Waals surface area contributed by atoms with Crippen LogP contribution in [0, 0.1) is 12.8 Å². The molecule has 0 radical (unpaired) electrons. The molecule has 3 nitrogen and oxygen atoms in total. The summed E-state index contributed by atoms with van der Waals surface area (Å²) in [5.41, 5.74) is 7.58. The molecule has 2 N–H and O–H groups in total. The van der Waals surface area contributed by atoms with Gasteiger partial charge in [-0.05, 0) is 44.7 Å². The highest BCUT2D eigenvalue weighted by molar-refractivity contribution is 7.80. The Balaban J connectivity index is 2.24. The summed E-state index contributed by atoms with van der Waals surface area (Å²) in [6.45, 7) is 6.22. The Hall–Kier alpha value is -1.16. The fraction of sp³-hybridized carbons (Fsp3) is 0.538. The van der Waals surface area contributed by atoms with Crippen LogP contribution in [0.2, 0.25) is 0 Å². The maximum absolute atomic E-state index is 5.69. The third-order valence-corrected chi connectivity index (χ3v) is 3.34. The summed E-state index contributed by atoms with van der Waals surface area (Å²) in [7, 11) is 0. The molecule has 1 aromatic rings. The molecular formula is C13H19N3S. The van der Waals surface area contributed by atoms with Gasteiger partial charge >= 0.3 is 0 Å². The standard InChI is InChI=1S/C13H19N3S/c1-3-16(8-10-4-5-10)12-7-11(13(14)17)6-9(2)15-12/h6-7,10H,3-5,8H2,1-2H3,(H2,14,17). The monoisotopic (exact) mass is 249 g/mol. The molecule has 0 saturated heterocycles. The summed E-state index contributed by atoms with van der Waals surface area (Å²) in [6, 6.07) is 3.94. The molecular weight excluding hydrogens is 230 g/mol. The molecule has 1 saturated carbocycles. The fourth-order valence-corrected chi connectivity index (χ4v) is 2.07. The van der Waals surface area contributed by atoms with Gasteiger partial charge in [-0.1, -0.05) is 12.2 Å². The van der Waals surface area contributed by atoms with E-state index in [0.29, 0.717) is 4.99 Å². The largest absolute Gasteiger partial charge is 0.389 e. The molecule has 92 valence electrons. The molecule has 0 bridgehead atoms. The van der Waals surface area contributed by atoms with Crippen molar-refractivity contribution in [1.29, 1.82) is 0 Å². The first-order chi connectivity index (χ1) is 8.10. The van der Waals surface area contributed by atoms with Gasteiger partial charge in [0.25, 0.3) is 0 Å². The van der Waals surface area contributed by atoms with Crippen molar-refractivity contribution in [2.45, 2.75) is 26.7 Å². The molecule has 0 spiro atoms. The van der Waals surface area contributed by atoms with Gasteiger partial charge in [0, 0.05) is 24.3 Å². The maximum atomic E-state index is 5.69. The number of thiocarbonyl (C=S) groups is 1. The number of hydrogen-bond acceptors (Lipinski definition) is 3. The summed E-state index contributed by atoms with van der Waals surface area (Å²) in [4.78, 5) is 7.33. The van der Waals surface area contributed by atoms with E-state index in [2.05, 4.69) is 16.8 Å².